The fraction of sp³-hybridized carbons (Fsp3) is 0.455. The number of ether oxygens (including phenoxy) is 1. The number of nitrogens with one attached hydrogen (secondary N) is 1. The maximum absolute atomic E-state index is 12.5. The molecule has 1 aliphatic rings. The number of carboxylic acid groups (broad SMARTS) is 1. The van der Waals surface area contributed by atoms with Crippen molar-refractivity contribution in [3.05, 3.63) is 46.4 Å². The quantitative estimate of drug-likeness (QED) is 0.440. The summed E-state index contributed by atoms with van der Waals surface area (Å²) < 4.78 is 6.45. The van der Waals surface area contributed by atoms with Gasteiger partial charge in [-0.05, 0) is 24.0 Å². The molecule has 1 heterocycles. The molecule has 3 rings (SSSR count). The van der Waals surface area contributed by atoms with Gasteiger partial charge in [-0.25, -0.2) is 19.3 Å². The van der Waals surface area contributed by atoms with Crippen molar-refractivity contribution in [1.82, 2.24) is 20.2 Å². The molecule has 1 aliphatic carbocycles. The molecule has 0 aliphatic heterocycles. The predicted octanol–water partition coefficient (Wildman–Crippen LogP) is 2.19. The minimum Gasteiger partial charge on any atom is -0.494 e. The highest BCUT2D eigenvalue weighted by atomic mass is 16.5. The van der Waals surface area contributed by atoms with Gasteiger partial charge in [0.1, 0.15) is 6.04 Å². The van der Waals surface area contributed by atoms with Gasteiger partial charge in [0.25, 0.3) is 5.56 Å². The number of urea groups is 1. The number of nitrogens with zero attached hydrogens (tertiary/aromatic N) is 3. The van der Waals surface area contributed by atoms with Crippen LogP contribution in [0.2, 0.25) is 0 Å². The van der Waals surface area contributed by atoms with Crippen LogP contribution in [0.1, 0.15) is 37.7 Å². The van der Waals surface area contributed by atoms with Crippen LogP contribution in [-0.2, 0) is 18.3 Å². The number of carbonyl (C=O) groups excluding carboxylic acids is 1. The predicted molar refractivity (Wildman–Crippen MR) is 116 cm³/mol. The summed E-state index contributed by atoms with van der Waals surface area (Å²) in [6, 6.07) is 4.44. The minimum absolute atomic E-state index is 0.0192. The Morgan fingerprint density at radius 2 is 1.91 bits per heavy atom. The SMILES string of the molecule is COc1cnn(C)c(=O)c1-c1ccc(C[C@H](NC(=O)N(O)C2CCCCC2)C(=O)O)cc1. The third-order valence-corrected chi connectivity index (χ3v) is 5.73. The van der Waals surface area contributed by atoms with Crippen LogP contribution in [0.4, 0.5) is 4.79 Å². The Morgan fingerprint density at radius 3 is 2.50 bits per heavy atom. The fourth-order valence-electron chi connectivity index (χ4n) is 3.89. The van der Waals surface area contributed by atoms with Crippen molar-refractivity contribution in [2.45, 2.75) is 50.6 Å². The molecule has 1 fully saturated rings. The number of hydrogen-bond donors (Lipinski definition) is 3. The van der Waals surface area contributed by atoms with Gasteiger partial charge in [-0.1, -0.05) is 43.5 Å². The van der Waals surface area contributed by atoms with Crippen LogP contribution in [0.25, 0.3) is 11.1 Å². The summed E-state index contributed by atoms with van der Waals surface area (Å²) >= 11 is 0. The van der Waals surface area contributed by atoms with Gasteiger partial charge in [0.2, 0.25) is 0 Å². The zero-order valence-corrected chi connectivity index (χ0v) is 18.2. The molecule has 2 amide bonds. The number of aromatic nitrogens is 2. The van der Waals surface area contributed by atoms with Crippen LogP contribution in [0.5, 0.6) is 5.75 Å². The highest BCUT2D eigenvalue weighted by Crippen LogP contribution is 2.26. The molecule has 1 aromatic carbocycles. The number of carbonyl (C=O) groups is 2. The number of aliphatic carboxylic acids is 1. The number of hydroxylamine groups is 2. The lowest BCUT2D eigenvalue weighted by atomic mass is 9.95. The smallest absolute Gasteiger partial charge is 0.342 e. The second-order valence-corrected chi connectivity index (χ2v) is 7.89. The summed E-state index contributed by atoms with van der Waals surface area (Å²) in [6.07, 6.45) is 5.78. The monoisotopic (exact) mass is 444 g/mol. The van der Waals surface area contributed by atoms with E-state index in [9.17, 15) is 24.7 Å². The van der Waals surface area contributed by atoms with Crippen LogP contribution >= 0.6 is 0 Å². The zero-order chi connectivity index (χ0) is 23.3. The van der Waals surface area contributed by atoms with Crippen LogP contribution in [0.3, 0.4) is 0 Å². The van der Waals surface area contributed by atoms with E-state index < -0.39 is 18.0 Å². The lowest BCUT2D eigenvalue weighted by Gasteiger charge is -2.30. The van der Waals surface area contributed by atoms with Gasteiger partial charge >= 0.3 is 12.0 Å². The second kappa shape index (κ2) is 10.3. The van der Waals surface area contributed by atoms with Gasteiger partial charge in [0.15, 0.2) is 5.75 Å². The van der Waals surface area contributed by atoms with E-state index in [1.807, 2.05) is 0 Å². The first-order valence-corrected chi connectivity index (χ1v) is 10.5. The van der Waals surface area contributed by atoms with Crippen LogP contribution in [0.15, 0.2) is 35.3 Å². The Balaban J connectivity index is 1.73. The van der Waals surface area contributed by atoms with Crippen LogP contribution < -0.4 is 15.6 Å². The van der Waals surface area contributed by atoms with E-state index in [0.29, 0.717) is 40.3 Å². The molecule has 10 heteroatoms. The van der Waals surface area contributed by atoms with Crippen molar-refractivity contribution in [3.63, 3.8) is 0 Å². The second-order valence-electron chi connectivity index (χ2n) is 7.89. The molecule has 1 atom stereocenters. The van der Waals surface area contributed by atoms with Crippen molar-refractivity contribution in [3.8, 4) is 16.9 Å². The van der Waals surface area contributed by atoms with Crippen molar-refractivity contribution < 1.29 is 24.6 Å². The lowest BCUT2D eigenvalue weighted by Crippen LogP contribution is -2.51. The molecule has 0 bridgehead atoms. The van der Waals surface area contributed by atoms with Crippen molar-refractivity contribution in [1.29, 1.82) is 0 Å². The molecule has 10 nitrogen and oxygen atoms in total. The molecule has 0 radical (unpaired) electrons. The minimum atomic E-state index is -1.21. The van der Waals surface area contributed by atoms with Gasteiger partial charge in [-0.15, -0.1) is 0 Å². The number of amides is 2. The molecule has 1 aromatic heterocycles. The van der Waals surface area contributed by atoms with E-state index in [-0.39, 0.29) is 18.0 Å². The topological polar surface area (TPSA) is 134 Å². The van der Waals surface area contributed by atoms with E-state index in [1.165, 1.54) is 25.0 Å². The molecular weight excluding hydrogens is 416 g/mol. The average molecular weight is 444 g/mol. The molecule has 32 heavy (non-hydrogen) atoms. The summed E-state index contributed by atoms with van der Waals surface area (Å²) in [7, 11) is 2.99. The standard InChI is InChI=1S/C22H28N4O6/c1-25-20(27)19(18(32-2)13-23-25)15-10-8-14(9-11-15)12-17(21(28)29)24-22(30)26(31)16-6-4-3-5-7-16/h8-11,13,16-17,31H,3-7,12H2,1-2H3,(H,24,30)(H,28,29)/t17-/m0/s1. The number of rotatable bonds is 7. The maximum atomic E-state index is 12.5. The number of hydrogen-bond acceptors (Lipinski definition) is 6. The number of carboxylic acids is 1. The Morgan fingerprint density at radius 1 is 1.25 bits per heavy atom. The maximum Gasteiger partial charge on any atom is 0.342 e. The zero-order valence-electron chi connectivity index (χ0n) is 18.2. The van der Waals surface area contributed by atoms with E-state index in [1.54, 1.807) is 24.3 Å². The highest BCUT2D eigenvalue weighted by molar-refractivity contribution is 5.82. The summed E-state index contributed by atoms with van der Waals surface area (Å²) in [5.74, 6) is -0.869. The van der Waals surface area contributed by atoms with Crippen molar-refractivity contribution in [2.24, 2.45) is 7.05 Å². The molecule has 2 aromatic rings. The lowest BCUT2D eigenvalue weighted by molar-refractivity contribution is -0.139. The number of aryl methyl sites for hydroxylation is 1. The van der Waals surface area contributed by atoms with E-state index >= 15 is 0 Å². The summed E-state index contributed by atoms with van der Waals surface area (Å²) in [6.45, 7) is 0. The fourth-order valence-corrected chi connectivity index (χ4v) is 3.89. The van der Waals surface area contributed by atoms with Crippen LogP contribution in [0, 0.1) is 0 Å². The van der Waals surface area contributed by atoms with Gasteiger partial charge in [-0.3, -0.25) is 10.0 Å². The molecule has 172 valence electrons. The van der Waals surface area contributed by atoms with E-state index in [2.05, 4.69) is 10.4 Å². The average Bonchev–Trinajstić information content (AvgIpc) is 2.80. The third-order valence-electron chi connectivity index (χ3n) is 5.73. The Labute approximate surface area is 185 Å². The summed E-state index contributed by atoms with van der Waals surface area (Å²) in [4.78, 5) is 36.6. The van der Waals surface area contributed by atoms with Gasteiger partial charge in [0, 0.05) is 13.5 Å². The first kappa shape index (κ1) is 23.3. The molecule has 0 saturated heterocycles. The first-order chi connectivity index (χ1) is 15.3. The Kier molecular flexibility index (Phi) is 7.47. The Bertz CT molecular complexity index is 1010. The molecule has 1 saturated carbocycles. The summed E-state index contributed by atoms with van der Waals surface area (Å²) in [5.41, 5.74) is 1.28. The highest BCUT2D eigenvalue weighted by Gasteiger charge is 2.28. The van der Waals surface area contributed by atoms with Gasteiger partial charge in [-0.2, -0.15) is 5.10 Å². The molecule has 0 spiro atoms. The van der Waals surface area contributed by atoms with Gasteiger partial charge < -0.3 is 15.2 Å². The summed E-state index contributed by atoms with van der Waals surface area (Å²) in [5, 5.41) is 26.7. The third kappa shape index (κ3) is 5.25. The molecule has 3 N–H and O–H groups in total. The van der Waals surface area contributed by atoms with E-state index in [4.69, 9.17) is 4.74 Å². The van der Waals surface area contributed by atoms with Gasteiger partial charge in [0.05, 0.1) is 24.9 Å². The normalized spacial score (nSPS) is 15.1. The van der Waals surface area contributed by atoms with E-state index in [0.717, 1.165) is 19.3 Å². The van der Waals surface area contributed by atoms with Crippen molar-refractivity contribution >= 4 is 12.0 Å². The molecule has 0 unspecified atom stereocenters. The largest absolute Gasteiger partial charge is 0.494 e. The molecular formula is C22H28N4O6. The number of benzene rings is 1. The number of methoxy groups -OCH3 is 1. The first-order valence-electron chi connectivity index (χ1n) is 10.5. The van der Waals surface area contributed by atoms with Crippen LogP contribution in [-0.4, -0.2) is 56.4 Å². The Hall–Kier alpha value is -3.40. The van der Waals surface area contributed by atoms with Crippen molar-refractivity contribution in [2.75, 3.05) is 7.11 Å².